The average molecular weight is 377 g/mol. The van der Waals surface area contributed by atoms with E-state index < -0.39 is 5.91 Å². The van der Waals surface area contributed by atoms with E-state index >= 15 is 0 Å². The number of hydrogen-bond donors (Lipinski definition) is 2. The number of nitriles is 1. The Labute approximate surface area is 159 Å². The van der Waals surface area contributed by atoms with Crippen LogP contribution in [0.15, 0.2) is 57.9 Å². The van der Waals surface area contributed by atoms with Gasteiger partial charge in [0.05, 0.1) is 29.1 Å². The molecule has 27 heavy (non-hydrogen) atoms. The molecule has 134 valence electrons. The Morgan fingerprint density at radius 1 is 1.30 bits per heavy atom. The van der Waals surface area contributed by atoms with Crippen LogP contribution in [0.5, 0.6) is 5.75 Å². The largest absolute Gasteiger partial charge is 0.507 e. The van der Waals surface area contributed by atoms with Crippen molar-refractivity contribution < 1.29 is 9.90 Å². The fourth-order valence-electron chi connectivity index (χ4n) is 2.42. The predicted molar refractivity (Wildman–Crippen MR) is 104 cm³/mol. The highest BCUT2D eigenvalue weighted by Crippen LogP contribution is 2.26. The summed E-state index contributed by atoms with van der Waals surface area (Å²) in [5, 5.41) is 25.0. The van der Waals surface area contributed by atoms with E-state index in [1.54, 1.807) is 48.3 Å². The first kappa shape index (κ1) is 18.1. The number of hydrogen-bond acceptors (Lipinski definition) is 6. The molecule has 2 aromatic carbocycles. The number of carbonyl (C=O) groups is 1. The fraction of sp³-hybridized carbons (Fsp3) is 0.0526. The van der Waals surface area contributed by atoms with Crippen molar-refractivity contribution in [1.29, 1.82) is 5.26 Å². The number of carbonyl (C=O) groups excluding carboxylic acids is 1. The summed E-state index contributed by atoms with van der Waals surface area (Å²) in [6.07, 6.45) is 1.65. The third-order valence-electron chi connectivity index (χ3n) is 3.80. The van der Waals surface area contributed by atoms with Gasteiger partial charge in [0.15, 0.2) is 0 Å². The highest BCUT2D eigenvalue weighted by molar-refractivity contribution is 7.07. The highest BCUT2D eigenvalue weighted by atomic mass is 32.1. The number of thiazole rings is 1. The Kier molecular flexibility index (Phi) is 5.15. The Morgan fingerprint density at radius 3 is 2.67 bits per heavy atom. The molecule has 0 fully saturated rings. The second-order valence-corrected chi connectivity index (χ2v) is 6.35. The van der Waals surface area contributed by atoms with E-state index in [0.29, 0.717) is 21.6 Å². The lowest BCUT2D eigenvalue weighted by atomic mass is 10.1. The molecule has 1 amide bonds. The normalized spacial score (nSPS) is 11.6. The number of amides is 1. The van der Waals surface area contributed by atoms with Crippen LogP contribution in [0, 0.1) is 11.3 Å². The van der Waals surface area contributed by atoms with E-state index in [2.05, 4.69) is 16.2 Å². The first-order chi connectivity index (χ1) is 13.0. The first-order valence-electron chi connectivity index (χ1n) is 7.84. The number of nitrogens with two attached hydrogens (primary N) is 1. The lowest BCUT2D eigenvalue weighted by Crippen LogP contribution is -2.13. The average Bonchev–Trinajstić information content (AvgIpc) is 3.09. The van der Waals surface area contributed by atoms with Gasteiger partial charge in [0, 0.05) is 18.0 Å². The Morgan fingerprint density at radius 2 is 2.04 bits per heavy atom. The lowest BCUT2D eigenvalue weighted by Gasteiger charge is -2.06. The van der Waals surface area contributed by atoms with Crippen LogP contribution >= 0.6 is 11.3 Å². The van der Waals surface area contributed by atoms with Gasteiger partial charge in [-0.1, -0.05) is 12.1 Å². The summed E-state index contributed by atoms with van der Waals surface area (Å²) in [5.74, 6) is -0.882. The molecule has 1 heterocycles. The van der Waals surface area contributed by atoms with Crippen molar-refractivity contribution in [2.24, 2.45) is 15.8 Å². The minimum absolute atomic E-state index is 0.0382. The van der Waals surface area contributed by atoms with E-state index in [9.17, 15) is 9.90 Å². The smallest absolute Gasteiger partial charge is 0.252 e. The molecule has 3 rings (SSSR count). The molecule has 7 nitrogen and oxygen atoms in total. The molecule has 0 radical (unpaired) electrons. The second kappa shape index (κ2) is 7.68. The van der Waals surface area contributed by atoms with Gasteiger partial charge in [0.2, 0.25) is 4.80 Å². The number of rotatable bonds is 4. The van der Waals surface area contributed by atoms with Crippen molar-refractivity contribution >= 4 is 23.5 Å². The fourth-order valence-corrected chi connectivity index (χ4v) is 3.23. The van der Waals surface area contributed by atoms with Crippen molar-refractivity contribution in [3.05, 3.63) is 69.3 Å². The van der Waals surface area contributed by atoms with Crippen LogP contribution < -0.4 is 10.5 Å². The summed E-state index contributed by atoms with van der Waals surface area (Å²) in [5.41, 5.74) is 8.12. The molecule has 3 aromatic rings. The van der Waals surface area contributed by atoms with E-state index in [1.165, 1.54) is 23.5 Å². The van der Waals surface area contributed by atoms with Crippen molar-refractivity contribution in [2.45, 2.75) is 0 Å². The number of aromatic nitrogens is 1. The van der Waals surface area contributed by atoms with E-state index in [0.717, 1.165) is 5.56 Å². The van der Waals surface area contributed by atoms with Gasteiger partial charge in [-0.2, -0.15) is 10.4 Å². The van der Waals surface area contributed by atoms with Crippen molar-refractivity contribution in [2.75, 3.05) is 7.05 Å². The Hall–Kier alpha value is -3.70. The van der Waals surface area contributed by atoms with Gasteiger partial charge in [-0.3, -0.25) is 9.79 Å². The summed E-state index contributed by atoms with van der Waals surface area (Å²) < 4.78 is 1.64. The van der Waals surface area contributed by atoms with Crippen molar-refractivity contribution in [3.8, 4) is 23.1 Å². The van der Waals surface area contributed by atoms with Gasteiger partial charge in [0.1, 0.15) is 5.75 Å². The maximum Gasteiger partial charge on any atom is 0.252 e. The van der Waals surface area contributed by atoms with Gasteiger partial charge >= 0.3 is 0 Å². The van der Waals surface area contributed by atoms with Crippen LogP contribution in [0.2, 0.25) is 0 Å². The molecule has 0 atom stereocenters. The third kappa shape index (κ3) is 3.78. The lowest BCUT2D eigenvalue weighted by molar-refractivity contribution is 0.0998. The zero-order valence-corrected chi connectivity index (χ0v) is 15.1. The minimum Gasteiger partial charge on any atom is -0.507 e. The molecule has 0 aliphatic heterocycles. The maximum absolute atomic E-state index is 11.5. The van der Waals surface area contributed by atoms with Gasteiger partial charge < -0.3 is 10.8 Å². The molecule has 3 N–H and O–H groups in total. The van der Waals surface area contributed by atoms with Crippen LogP contribution in [0.4, 0.5) is 0 Å². The molecule has 0 bridgehead atoms. The number of primary amides is 1. The molecular weight excluding hydrogens is 362 g/mol. The number of benzene rings is 2. The van der Waals surface area contributed by atoms with E-state index in [-0.39, 0.29) is 11.3 Å². The predicted octanol–water partition coefficient (Wildman–Crippen LogP) is 2.31. The maximum atomic E-state index is 11.5. The molecule has 0 saturated heterocycles. The molecule has 1 aromatic heterocycles. The van der Waals surface area contributed by atoms with Crippen molar-refractivity contribution in [3.63, 3.8) is 0 Å². The zero-order chi connectivity index (χ0) is 19.4. The van der Waals surface area contributed by atoms with Crippen LogP contribution in [-0.2, 0) is 0 Å². The van der Waals surface area contributed by atoms with E-state index in [4.69, 9.17) is 11.0 Å². The van der Waals surface area contributed by atoms with E-state index in [1.807, 2.05) is 5.38 Å². The second-order valence-electron chi connectivity index (χ2n) is 5.51. The number of nitrogens with zero attached hydrogens (tertiary/aromatic N) is 4. The standard InChI is InChI=1S/C19H15N5O2S/c1-22-19-24(23-10-13-4-2-12(9-20)3-5-13)16(11-27-19)14-6-7-17(25)15(8-14)18(21)26/h2-8,10-11,25H,1H3,(H2,21,26). The van der Waals surface area contributed by atoms with Gasteiger partial charge in [-0.05, 0) is 35.9 Å². The molecule has 0 unspecified atom stereocenters. The van der Waals surface area contributed by atoms with Gasteiger partial charge in [0.25, 0.3) is 5.91 Å². The zero-order valence-electron chi connectivity index (χ0n) is 14.3. The first-order valence-corrected chi connectivity index (χ1v) is 8.72. The monoisotopic (exact) mass is 377 g/mol. The molecular formula is C19H15N5O2S. The summed E-state index contributed by atoms with van der Waals surface area (Å²) in [7, 11) is 1.66. The summed E-state index contributed by atoms with van der Waals surface area (Å²) in [4.78, 5) is 16.4. The minimum atomic E-state index is -0.711. The molecule has 0 aliphatic carbocycles. The molecule has 0 aliphatic rings. The Bertz CT molecular complexity index is 1130. The third-order valence-corrected chi connectivity index (χ3v) is 4.70. The topological polar surface area (TPSA) is 117 Å². The molecule has 0 saturated carbocycles. The van der Waals surface area contributed by atoms with Crippen molar-refractivity contribution in [1.82, 2.24) is 4.68 Å². The summed E-state index contributed by atoms with van der Waals surface area (Å²) in [6.45, 7) is 0. The molecule has 0 spiro atoms. The summed E-state index contributed by atoms with van der Waals surface area (Å²) in [6, 6.07) is 13.7. The van der Waals surface area contributed by atoms with Crippen LogP contribution in [0.1, 0.15) is 21.5 Å². The number of aromatic hydroxyl groups is 1. The van der Waals surface area contributed by atoms with Crippen LogP contribution in [0.3, 0.4) is 0 Å². The summed E-state index contributed by atoms with van der Waals surface area (Å²) >= 11 is 1.39. The highest BCUT2D eigenvalue weighted by Gasteiger charge is 2.13. The van der Waals surface area contributed by atoms with Crippen LogP contribution in [0.25, 0.3) is 11.3 Å². The van der Waals surface area contributed by atoms with Gasteiger partial charge in [-0.25, -0.2) is 4.68 Å². The Balaban J connectivity index is 2.06. The van der Waals surface area contributed by atoms with Gasteiger partial charge in [-0.15, -0.1) is 11.3 Å². The van der Waals surface area contributed by atoms with Crippen LogP contribution in [-0.4, -0.2) is 29.0 Å². The number of phenols is 1. The SMILES string of the molecule is CN=c1scc(-c2ccc(O)c(C(N)=O)c2)n1N=Cc1ccc(C#N)cc1. The molecule has 8 heteroatoms. The quantitative estimate of drug-likeness (QED) is 0.679.